The Morgan fingerprint density at radius 2 is 2.25 bits per heavy atom. The number of rotatable bonds is 0. The molecule has 2 heteroatoms. The first-order chi connectivity index (χ1) is 3.79. The van der Waals surface area contributed by atoms with Crippen LogP contribution in [0.4, 0.5) is 0 Å². The van der Waals surface area contributed by atoms with Crippen molar-refractivity contribution in [2.24, 2.45) is 0 Å². The fourth-order valence-corrected chi connectivity index (χ4v) is 0.637. The molecule has 0 N–H and O–H groups in total. The number of aryl methyl sites for hydroxylation is 1. The van der Waals surface area contributed by atoms with Crippen molar-refractivity contribution in [3.05, 3.63) is 23.6 Å². The summed E-state index contributed by atoms with van der Waals surface area (Å²) in [5.41, 5.74) is 2.66. The Labute approximate surface area is 51.5 Å². The Morgan fingerprint density at radius 1 is 1.50 bits per heavy atom. The summed E-state index contributed by atoms with van der Waals surface area (Å²) in [6.07, 6.45) is 0. The summed E-state index contributed by atoms with van der Waals surface area (Å²) < 4.78 is 0. The summed E-state index contributed by atoms with van der Waals surface area (Å²) in [5, 5.41) is 0. The molecule has 0 atom stereocenters. The molecule has 0 bridgehead atoms. The van der Waals surface area contributed by atoms with Gasteiger partial charge in [0.15, 0.2) is 0 Å². The second-order valence-corrected chi connectivity index (χ2v) is 2.15. The second kappa shape index (κ2) is 2.17. The Kier molecular flexibility index (Phi) is 1.52. The van der Waals surface area contributed by atoms with Crippen LogP contribution in [0.1, 0.15) is 5.46 Å². The molecule has 0 aromatic carbocycles. The van der Waals surface area contributed by atoms with Crippen molar-refractivity contribution in [1.29, 1.82) is 0 Å². The van der Waals surface area contributed by atoms with Crippen molar-refractivity contribution in [2.45, 2.75) is 6.92 Å². The standard InChI is InChI=1S/C6H8B2/c1-5-2-3-6(7)4-8-5/h2-4H,7H2,1H3. The van der Waals surface area contributed by atoms with Gasteiger partial charge in [-0.15, -0.1) is 0 Å². The SMILES string of the molecule is Bc1cbc(C)cc1. The van der Waals surface area contributed by atoms with Gasteiger partial charge < -0.3 is 0 Å². The molecule has 0 spiro atoms. The van der Waals surface area contributed by atoms with Gasteiger partial charge in [0.2, 0.25) is 0 Å². The zero-order valence-electron chi connectivity index (χ0n) is 5.31. The van der Waals surface area contributed by atoms with E-state index in [1.165, 1.54) is 10.9 Å². The van der Waals surface area contributed by atoms with E-state index in [0.717, 1.165) is 0 Å². The predicted octanol–water partition coefficient (Wildman–Crippen LogP) is -0.408. The van der Waals surface area contributed by atoms with Crippen LogP contribution in [0, 0.1) is 6.92 Å². The fourth-order valence-electron chi connectivity index (χ4n) is 0.637. The van der Waals surface area contributed by atoms with E-state index >= 15 is 0 Å². The average molecular weight is 102 g/mol. The molecule has 0 radical (unpaired) electrons. The van der Waals surface area contributed by atoms with Gasteiger partial charge in [0.25, 0.3) is 0 Å². The van der Waals surface area contributed by atoms with Gasteiger partial charge in [0.1, 0.15) is 0 Å². The van der Waals surface area contributed by atoms with Crippen LogP contribution in [0.3, 0.4) is 0 Å². The number of hydrogen-bond donors (Lipinski definition) is 0. The van der Waals surface area contributed by atoms with Gasteiger partial charge in [-0.3, -0.25) is 0 Å². The summed E-state index contributed by atoms with van der Waals surface area (Å²) in [4.78, 5) is 0. The molecule has 1 rings (SSSR count). The zero-order chi connectivity index (χ0) is 5.98. The molecule has 0 aliphatic heterocycles. The van der Waals surface area contributed by atoms with Crippen molar-refractivity contribution in [1.82, 2.24) is 0 Å². The molecule has 1 heterocycles. The molecule has 0 saturated carbocycles. The summed E-state index contributed by atoms with van der Waals surface area (Å²) in [6.45, 7) is 4.22. The van der Waals surface area contributed by atoms with E-state index < -0.39 is 0 Å². The van der Waals surface area contributed by atoms with Crippen LogP contribution in [0.15, 0.2) is 18.1 Å². The second-order valence-electron chi connectivity index (χ2n) is 2.15. The van der Waals surface area contributed by atoms with Crippen LogP contribution in [0.2, 0.25) is 0 Å². The summed E-state index contributed by atoms with van der Waals surface area (Å²) in [6, 6.07) is 4.24. The third-order valence-electron chi connectivity index (χ3n) is 1.22. The van der Waals surface area contributed by atoms with Gasteiger partial charge in [-0.05, 0) is 0 Å². The third-order valence-corrected chi connectivity index (χ3v) is 1.22. The van der Waals surface area contributed by atoms with Crippen LogP contribution in [-0.4, -0.2) is 14.8 Å². The molecule has 0 amide bonds. The third kappa shape index (κ3) is 1.22. The molecule has 0 unspecified atom stereocenters. The minimum atomic E-state index is 1.33. The Hall–Kier alpha value is -0.520. The molecular weight excluding hydrogens is 93.7 g/mol. The summed E-state index contributed by atoms with van der Waals surface area (Å²) >= 11 is 0. The van der Waals surface area contributed by atoms with Gasteiger partial charge in [-0.25, -0.2) is 0 Å². The quantitative estimate of drug-likeness (QED) is 0.390. The molecule has 1 aromatic rings. The molecule has 8 heavy (non-hydrogen) atoms. The molecule has 0 aliphatic rings. The fraction of sp³-hybridized carbons (Fsp3) is 0.167. The van der Waals surface area contributed by atoms with Gasteiger partial charge in [0.05, 0.1) is 0 Å². The van der Waals surface area contributed by atoms with E-state index in [-0.39, 0.29) is 0 Å². The van der Waals surface area contributed by atoms with E-state index in [1.54, 1.807) is 0 Å². The van der Waals surface area contributed by atoms with Gasteiger partial charge in [0, 0.05) is 0 Å². The van der Waals surface area contributed by atoms with Crippen molar-refractivity contribution in [2.75, 3.05) is 0 Å². The Bertz CT molecular complexity index is 145. The molecular formula is C6H8B2. The van der Waals surface area contributed by atoms with Crippen molar-refractivity contribution in [3.8, 4) is 0 Å². The monoisotopic (exact) mass is 102 g/mol. The van der Waals surface area contributed by atoms with Crippen molar-refractivity contribution < 1.29 is 0 Å². The van der Waals surface area contributed by atoms with Gasteiger partial charge in [-0.1, -0.05) is 0 Å². The molecule has 0 fully saturated rings. The predicted molar refractivity (Wildman–Crippen MR) is 40.7 cm³/mol. The minimum absolute atomic E-state index is 1.33. The summed E-state index contributed by atoms with van der Waals surface area (Å²) in [7, 11) is 2.10. The van der Waals surface area contributed by atoms with E-state index in [0.29, 0.717) is 0 Å². The molecule has 1 aromatic heterocycles. The normalized spacial score (nSPS) is 8.62. The van der Waals surface area contributed by atoms with E-state index in [1.807, 2.05) is 0 Å². The van der Waals surface area contributed by atoms with Crippen LogP contribution >= 0.6 is 0 Å². The molecule has 0 aliphatic carbocycles. The first-order valence-electron chi connectivity index (χ1n) is 2.82. The van der Waals surface area contributed by atoms with Crippen LogP contribution in [0.25, 0.3) is 0 Å². The van der Waals surface area contributed by atoms with Crippen LogP contribution < -0.4 is 5.46 Å². The van der Waals surface area contributed by atoms with Gasteiger partial charge in [-0.2, -0.15) is 0 Å². The van der Waals surface area contributed by atoms with E-state index in [9.17, 15) is 0 Å². The average Bonchev–Trinajstić information content (AvgIpc) is 1.77. The van der Waals surface area contributed by atoms with E-state index in [4.69, 9.17) is 0 Å². The molecule has 0 nitrogen and oxygen atoms in total. The Morgan fingerprint density at radius 3 is 2.62 bits per heavy atom. The number of hydrogen-bond acceptors (Lipinski definition) is 0. The first kappa shape index (κ1) is 5.61. The van der Waals surface area contributed by atoms with Crippen molar-refractivity contribution >= 4 is 20.2 Å². The maximum atomic E-state index is 2.12. The van der Waals surface area contributed by atoms with Gasteiger partial charge >= 0.3 is 50.7 Å². The maximum absolute atomic E-state index is 2.12. The zero-order valence-corrected chi connectivity index (χ0v) is 5.31. The molecule has 38 valence electrons. The van der Waals surface area contributed by atoms with E-state index in [2.05, 4.69) is 39.8 Å². The summed E-state index contributed by atoms with van der Waals surface area (Å²) in [5.74, 6) is 2.12. The van der Waals surface area contributed by atoms with Crippen LogP contribution in [0.5, 0.6) is 0 Å². The first-order valence-corrected chi connectivity index (χ1v) is 2.82. The Balaban J connectivity index is 3.03. The molecule has 0 saturated heterocycles. The topological polar surface area (TPSA) is 0 Å². The van der Waals surface area contributed by atoms with Crippen LogP contribution in [-0.2, 0) is 0 Å². The van der Waals surface area contributed by atoms with Crippen molar-refractivity contribution in [3.63, 3.8) is 0 Å².